The Morgan fingerprint density at radius 1 is 1.18 bits per heavy atom. The third-order valence-corrected chi connectivity index (χ3v) is 3.03. The minimum atomic E-state index is -1.21. The molecule has 0 aromatic heterocycles. The Labute approximate surface area is 127 Å². The number of hydrogen-bond donors (Lipinski definition) is 5. The van der Waals surface area contributed by atoms with Gasteiger partial charge in [0.15, 0.2) is 0 Å². The summed E-state index contributed by atoms with van der Waals surface area (Å²) in [4.78, 5) is 33.7. The van der Waals surface area contributed by atoms with Crippen molar-refractivity contribution in [3.05, 3.63) is 29.8 Å². The van der Waals surface area contributed by atoms with Crippen LogP contribution in [-0.4, -0.2) is 40.1 Å². The Balaban J connectivity index is 2.63. The first-order chi connectivity index (χ1) is 10.3. The maximum Gasteiger partial charge on any atom is 0.326 e. The summed E-state index contributed by atoms with van der Waals surface area (Å²) in [5, 5.41) is 20.7. The summed E-state index contributed by atoms with van der Waals surface area (Å²) >= 11 is 0. The largest absolute Gasteiger partial charge is 0.508 e. The average molecular weight is 309 g/mol. The molecule has 0 heterocycles. The van der Waals surface area contributed by atoms with Gasteiger partial charge in [-0.15, -0.1) is 0 Å². The summed E-state index contributed by atoms with van der Waals surface area (Å²) in [6.45, 7) is 0. The zero-order valence-corrected chi connectivity index (χ0v) is 11.9. The number of aromatic hydroxyl groups is 1. The molecule has 8 heteroatoms. The molecule has 1 aromatic carbocycles. The first-order valence-corrected chi connectivity index (χ1v) is 6.64. The van der Waals surface area contributed by atoms with Crippen LogP contribution in [-0.2, 0) is 20.8 Å². The van der Waals surface area contributed by atoms with E-state index in [1.54, 1.807) is 12.1 Å². The fourth-order valence-electron chi connectivity index (χ4n) is 1.78. The highest BCUT2D eigenvalue weighted by Gasteiger charge is 2.23. The number of carboxylic acid groups (broad SMARTS) is 1. The van der Waals surface area contributed by atoms with Crippen molar-refractivity contribution >= 4 is 17.8 Å². The van der Waals surface area contributed by atoms with Gasteiger partial charge in [0.25, 0.3) is 0 Å². The average Bonchev–Trinajstić information content (AvgIpc) is 2.45. The minimum absolute atomic E-state index is 0.0455. The molecular weight excluding hydrogens is 290 g/mol. The number of rotatable bonds is 8. The van der Waals surface area contributed by atoms with Crippen molar-refractivity contribution in [1.29, 1.82) is 0 Å². The van der Waals surface area contributed by atoms with Crippen molar-refractivity contribution in [3.63, 3.8) is 0 Å². The first kappa shape index (κ1) is 17.4. The van der Waals surface area contributed by atoms with Crippen LogP contribution in [0.1, 0.15) is 18.4 Å². The van der Waals surface area contributed by atoms with Crippen LogP contribution in [0.25, 0.3) is 0 Å². The molecule has 1 aromatic rings. The van der Waals surface area contributed by atoms with Crippen molar-refractivity contribution in [1.82, 2.24) is 5.32 Å². The molecular formula is C14H19N3O5. The molecule has 1 rings (SSSR count). The van der Waals surface area contributed by atoms with Crippen LogP contribution in [0.5, 0.6) is 5.75 Å². The SMILES string of the molecule is NC(=O)CC[C@@H](N)C(=O)N[C@@H](Cc1ccc(O)cc1)C(=O)O. The third kappa shape index (κ3) is 5.80. The maximum absolute atomic E-state index is 11.8. The molecule has 0 aliphatic rings. The molecule has 0 bridgehead atoms. The Bertz CT molecular complexity index is 544. The van der Waals surface area contributed by atoms with Gasteiger partial charge >= 0.3 is 5.97 Å². The Morgan fingerprint density at radius 2 is 1.77 bits per heavy atom. The number of nitrogens with two attached hydrogens (primary N) is 2. The van der Waals surface area contributed by atoms with Crippen LogP contribution >= 0.6 is 0 Å². The van der Waals surface area contributed by atoms with E-state index in [-0.39, 0.29) is 25.0 Å². The lowest BCUT2D eigenvalue weighted by Crippen LogP contribution is -2.49. The Morgan fingerprint density at radius 3 is 2.27 bits per heavy atom. The second kappa shape index (κ2) is 7.99. The number of aliphatic carboxylic acids is 1. The molecule has 0 saturated carbocycles. The molecule has 0 aliphatic carbocycles. The first-order valence-electron chi connectivity index (χ1n) is 6.64. The fraction of sp³-hybridized carbons (Fsp3) is 0.357. The van der Waals surface area contributed by atoms with E-state index in [2.05, 4.69) is 5.32 Å². The summed E-state index contributed by atoms with van der Waals surface area (Å²) in [6, 6.07) is 3.81. The number of amides is 2. The lowest BCUT2D eigenvalue weighted by molar-refractivity contribution is -0.142. The second-order valence-corrected chi connectivity index (χ2v) is 4.88. The van der Waals surface area contributed by atoms with Crippen molar-refractivity contribution < 1.29 is 24.6 Å². The number of phenolic OH excluding ortho intramolecular Hbond substituents is 1. The number of primary amides is 1. The number of carbonyl (C=O) groups excluding carboxylic acids is 2. The number of phenols is 1. The van der Waals surface area contributed by atoms with E-state index in [1.165, 1.54) is 12.1 Å². The summed E-state index contributed by atoms with van der Waals surface area (Å²) in [5.74, 6) is -2.38. The van der Waals surface area contributed by atoms with Crippen molar-refractivity contribution in [2.24, 2.45) is 11.5 Å². The third-order valence-electron chi connectivity index (χ3n) is 3.03. The van der Waals surface area contributed by atoms with Gasteiger partial charge in [-0.3, -0.25) is 9.59 Å². The van der Waals surface area contributed by atoms with Crippen LogP contribution in [0.3, 0.4) is 0 Å². The molecule has 0 aliphatic heterocycles. The summed E-state index contributed by atoms with van der Waals surface area (Å²) < 4.78 is 0. The van der Waals surface area contributed by atoms with Crippen LogP contribution in [0.15, 0.2) is 24.3 Å². The lowest BCUT2D eigenvalue weighted by atomic mass is 10.0. The smallest absolute Gasteiger partial charge is 0.326 e. The van der Waals surface area contributed by atoms with Crippen LogP contribution in [0.4, 0.5) is 0 Å². The highest BCUT2D eigenvalue weighted by molar-refractivity contribution is 5.87. The molecule has 0 fully saturated rings. The topological polar surface area (TPSA) is 156 Å². The van der Waals surface area contributed by atoms with Gasteiger partial charge in [0.1, 0.15) is 11.8 Å². The summed E-state index contributed by atoms with van der Waals surface area (Å²) in [6.07, 6.45) is 0.0426. The fourth-order valence-corrected chi connectivity index (χ4v) is 1.78. The second-order valence-electron chi connectivity index (χ2n) is 4.88. The van der Waals surface area contributed by atoms with Gasteiger partial charge in [0.2, 0.25) is 11.8 Å². The normalized spacial score (nSPS) is 13.1. The standard InChI is InChI=1S/C14H19N3O5/c15-10(5-6-12(16)19)13(20)17-11(14(21)22)7-8-1-3-9(18)4-2-8/h1-4,10-11,18H,5-7,15H2,(H2,16,19)(H,17,20)(H,21,22)/t10-,11+/m1/s1. The monoisotopic (exact) mass is 309 g/mol. The van der Waals surface area contributed by atoms with E-state index >= 15 is 0 Å². The van der Waals surface area contributed by atoms with Gasteiger partial charge < -0.3 is 27.0 Å². The number of benzene rings is 1. The van der Waals surface area contributed by atoms with Crippen molar-refractivity contribution in [2.75, 3.05) is 0 Å². The van der Waals surface area contributed by atoms with Gasteiger partial charge in [0, 0.05) is 12.8 Å². The Kier molecular flexibility index (Phi) is 6.33. The van der Waals surface area contributed by atoms with Crippen molar-refractivity contribution in [3.8, 4) is 5.75 Å². The quantitative estimate of drug-likeness (QED) is 0.419. The zero-order chi connectivity index (χ0) is 16.7. The minimum Gasteiger partial charge on any atom is -0.508 e. The molecule has 2 amide bonds. The lowest BCUT2D eigenvalue weighted by Gasteiger charge is -2.17. The van der Waals surface area contributed by atoms with Gasteiger partial charge in [-0.25, -0.2) is 4.79 Å². The molecule has 0 saturated heterocycles. The number of nitrogens with one attached hydrogen (secondary N) is 1. The predicted octanol–water partition coefficient (Wildman–Crippen LogP) is -0.903. The molecule has 0 spiro atoms. The van der Waals surface area contributed by atoms with Crippen LogP contribution < -0.4 is 16.8 Å². The molecule has 8 nitrogen and oxygen atoms in total. The molecule has 22 heavy (non-hydrogen) atoms. The van der Waals surface area contributed by atoms with E-state index in [0.29, 0.717) is 5.56 Å². The highest BCUT2D eigenvalue weighted by Crippen LogP contribution is 2.11. The van der Waals surface area contributed by atoms with Crippen molar-refractivity contribution in [2.45, 2.75) is 31.3 Å². The zero-order valence-electron chi connectivity index (χ0n) is 11.9. The molecule has 7 N–H and O–H groups in total. The summed E-state index contributed by atoms with van der Waals surface area (Å²) in [5.41, 5.74) is 11.2. The predicted molar refractivity (Wildman–Crippen MR) is 77.8 cm³/mol. The number of carboxylic acids is 1. The number of carbonyl (C=O) groups is 3. The van der Waals surface area contributed by atoms with E-state index in [0.717, 1.165) is 0 Å². The number of hydrogen-bond acceptors (Lipinski definition) is 5. The van der Waals surface area contributed by atoms with E-state index in [1.807, 2.05) is 0 Å². The van der Waals surface area contributed by atoms with E-state index < -0.39 is 29.9 Å². The maximum atomic E-state index is 11.8. The van der Waals surface area contributed by atoms with Gasteiger partial charge in [0.05, 0.1) is 6.04 Å². The van der Waals surface area contributed by atoms with Crippen LogP contribution in [0, 0.1) is 0 Å². The molecule has 120 valence electrons. The van der Waals surface area contributed by atoms with E-state index in [9.17, 15) is 19.5 Å². The molecule has 0 unspecified atom stereocenters. The highest BCUT2D eigenvalue weighted by atomic mass is 16.4. The molecule has 2 atom stereocenters. The van der Waals surface area contributed by atoms with Crippen LogP contribution in [0.2, 0.25) is 0 Å². The Hall–Kier alpha value is -2.61. The molecule has 0 radical (unpaired) electrons. The summed E-state index contributed by atoms with van der Waals surface area (Å²) in [7, 11) is 0. The van der Waals surface area contributed by atoms with E-state index in [4.69, 9.17) is 16.6 Å². The van der Waals surface area contributed by atoms with Gasteiger partial charge in [-0.2, -0.15) is 0 Å². The van der Waals surface area contributed by atoms with Gasteiger partial charge in [-0.1, -0.05) is 12.1 Å². The van der Waals surface area contributed by atoms with Gasteiger partial charge in [-0.05, 0) is 24.1 Å².